The van der Waals surface area contributed by atoms with Gasteiger partial charge < -0.3 is 14.4 Å². The second kappa shape index (κ2) is 5.81. The predicted octanol–water partition coefficient (Wildman–Crippen LogP) is 3.33. The van der Waals surface area contributed by atoms with Crippen molar-refractivity contribution in [1.29, 1.82) is 0 Å². The molecule has 0 aromatic carbocycles. The normalized spacial score (nSPS) is 18.3. The Labute approximate surface area is 131 Å². The first-order valence-corrected chi connectivity index (χ1v) is 7.88. The zero-order valence-corrected chi connectivity index (χ0v) is 12.8. The van der Waals surface area contributed by atoms with Gasteiger partial charge in [-0.25, -0.2) is 0 Å². The topological polar surface area (TPSA) is 70.8 Å². The van der Waals surface area contributed by atoms with Crippen LogP contribution in [0.5, 0.6) is 0 Å². The number of carbonyl (C=O) groups is 2. The Balaban J connectivity index is 2.08. The lowest BCUT2D eigenvalue weighted by atomic mass is 10.0. The van der Waals surface area contributed by atoms with Crippen molar-refractivity contribution in [3.05, 3.63) is 57.9 Å². The lowest BCUT2D eigenvalue weighted by molar-refractivity contribution is -0.129. The Morgan fingerprint density at radius 2 is 2.23 bits per heavy atom. The molecule has 0 saturated carbocycles. The number of hydrogen-bond acceptors (Lipinski definition) is 5. The number of carbonyl (C=O) groups excluding carboxylic acids is 2. The van der Waals surface area contributed by atoms with Crippen molar-refractivity contribution in [2.75, 3.05) is 6.54 Å². The minimum absolute atomic E-state index is 0.0934. The number of rotatable bonds is 5. The molecular weight excluding hydrogens is 302 g/mol. The molecule has 1 aliphatic rings. The molecule has 1 amide bonds. The van der Waals surface area contributed by atoms with Crippen molar-refractivity contribution < 1.29 is 19.1 Å². The second-order valence-corrected chi connectivity index (χ2v) is 5.96. The van der Waals surface area contributed by atoms with E-state index in [1.807, 2.05) is 24.4 Å². The Morgan fingerprint density at radius 3 is 2.82 bits per heavy atom. The molecule has 2 aromatic heterocycles. The first kappa shape index (κ1) is 14.6. The fourth-order valence-electron chi connectivity index (χ4n) is 2.64. The largest absolute Gasteiger partial charge is 0.503 e. The average molecular weight is 317 g/mol. The fourth-order valence-corrected chi connectivity index (χ4v) is 3.49. The highest BCUT2D eigenvalue weighted by Crippen LogP contribution is 2.40. The number of amides is 1. The van der Waals surface area contributed by atoms with E-state index in [9.17, 15) is 14.7 Å². The maximum atomic E-state index is 12.6. The molecule has 22 heavy (non-hydrogen) atoms. The van der Waals surface area contributed by atoms with Crippen molar-refractivity contribution in [3.8, 4) is 0 Å². The third-order valence-electron chi connectivity index (χ3n) is 3.57. The van der Waals surface area contributed by atoms with Crippen LogP contribution in [0.2, 0.25) is 0 Å². The van der Waals surface area contributed by atoms with E-state index < -0.39 is 23.5 Å². The van der Waals surface area contributed by atoms with Crippen LogP contribution in [0, 0.1) is 0 Å². The molecule has 1 atom stereocenters. The maximum absolute atomic E-state index is 12.6. The van der Waals surface area contributed by atoms with Gasteiger partial charge in [0.1, 0.15) is 0 Å². The smallest absolute Gasteiger partial charge is 0.290 e. The molecule has 5 nitrogen and oxygen atoms in total. The first-order chi connectivity index (χ1) is 10.6. The molecule has 6 heteroatoms. The summed E-state index contributed by atoms with van der Waals surface area (Å²) < 4.78 is 5.13. The van der Waals surface area contributed by atoms with E-state index in [1.165, 1.54) is 28.6 Å². The summed E-state index contributed by atoms with van der Waals surface area (Å²) in [5.41, 5.74) is 0.0934. The van der Waals surface area contributed by atoms with Crippen LogP contribution in [0.15, 0.2) is 51.7 Å². The van der Waals surface area contributed by atoms with E-state index >= 15 is 0 Å². The van der Waals surface area contributed by atoms with Crippen LogP contribution < -0.4 is 0 Å². The van der Waals surface area contributed by atoms with Crippen molar-refractivity contribution in [2.45, 2.75) is 19.4 Å². The molecule has 0 saturated heterocycles. The number of Topliss-reactive ketones (excluding diaryl/α,β-unsaturated/α-hetero) is 1. The van der Waals surface area contributed by atoms with Crippen LogP contribution >= 0.6 is 11.3 Å². The molecule has 0 aliphatic carbocycles. The van der Waals surface area contributed by atoms with Crippen LogP contribution in [0.3, 0.4) is 0 Å². The van der Waals surface area contributed by atoms with E-state index in [2.05, 4.69) is 0 Å². The summed E-state index contributed by atoms with van der Waals surface area (Å²) in [6.45, 7) is 2.42. The van der Waals surface area contributed by atoms with Gasteiger partial charge in [-0.15, -0.1) is 11.3 Å². The lowest BCUT2D eigenvalue weighted by Gasteiger charge is -2.24. The van der Waals surface area contributed by atoms with Crippen molar-refractivity contribution in [2.24, 2.45) is 0 Å². The Bertz CT molecular complexity index is 715. The van der Waals surface area contributed by atoms with Gasteiger partial charge in [-0.05, 0) is 30.0 Å². The minimum atomic E-state index is -0.551. The van der Waals surface area contributed by atoms with Crippen LogP contribution in [0.25, 0.3) is 0 Å². The molecule has 1 unspecified atom stereocenters. The molecule has 1 N–H and O–H groups in total. The number of thiophene rings is 1. The summed E-state index contributed by atoms with van der Waals surface area (Å²) in [5.74, 6) is -1.31. The number of aliphatic hydroxyl groups is 1. The summed E-state index contributed by atoms with van der Waals surface area (Å²) in [7, 11) is 0. The van der Waals surface area contributed by atoms with Crippen molar-refractivity contribution >= 4 is 23.0 Å². The molecule has 114 valence electrons. The first-order valence-electron chi connectivity index (χ1n) is 7.00. The fraction of sp³-hybridized carbons (Fsp3) is 0.250. The van der Waals surface area contributed by atoms with Crippen molar-refractivity contribution in [3.63, 3.8) is 0 Å². The molecule has 0 spiro atoms. The summed E-state index contributed by atoms with van der Waals surface area (Å²) in [5, 5.41) is 12.1. The third kappa shape index (κ3) is 2.25. The Hall–Kier alpha value is -2.34. The molecule has 3 heterocycles. The van der Waals surface area contributed by atoms with E-state index in [0.29, 0.717) is 6.54 Å². The summed E-state index contributed by atoms with van der Waals surface area (Å²) in [6, 6.07) is 6.30. The van der Waals surface area contributed by atoms with Gasteiger partial charge in [0, 0.05) is 11.4 Å². The predicted molar refractivity (Wildman–Crippen MR) is 81.8 cm³/mol. The van der Waals surface area contributed by atoms with Gasteiger partial charge in [0.05, 0.1) is 17.9 Å². The van der Waals surface area contributed by atoms with Crippen molar-refractivity contribution in [1.82, 2.24) is 4.90 Å². The second-order valence-electron chi connectivity index (χ2n) is 4.99. The lowest BCUT2D eigenvalue weighted by Crippen LogP contribution is -2.31. The van der Waals surface area contributed by atoms with Crippen LogP contribution in [-0.4, -0.2) is 28.2 Å². The van der Waals surface area contributed by atoms with E-state index in [4.69, 9.17) is 4.42 Å². The third-order valence-corrected chi connectivity index (χ3v) is 4.50. The summed E-state index contributed by atoms with van der Waals surface area (Å²) in [6.07, 6.45) is 2.13. The SMILES string of the molecule is CCCN1C(=O)C(O)=C(C(=O)c2ccco2)C1c1cccs1. The highest BCUT2D eigenvalue weighted by atomic mass is 32.1. The van der Waals surface area contributed by atoms with Crippen LogP contribution in [-0.2, 0) is 4.79 Å². The number of hydrogen-bond donors (Lipinski definition) is 1. The molecule has 0 bridgehead atoms. The minimum Gasteiger partial charge on any atom is -0.503 e. The number of nitrogens with zero attached hydrogens (tertiary/aromatic N) is 1. The zero-order valence-electron chi connectivity index (χ0n) is 12.0. The molecular formula is C16H15NO4S. The molecule has 2 aromatic rings. The molecule has 0 radical (unpaired) electrons. The van der Waals surface area contributed by atoms with Gasteiger partial charge in [0.25, 0.3) is 5.91 Å². The average Bonchev–Trinajstić information content (AvgIpc) is 3.24. The Kier molecular flexibility index (Phi) is 3.85. The summed E-state index contributed by atoms with van der Waals surface area (Å²) in [4.78, 5) is 27.3. The number of aliphatic hydroxyl groups excluding tert-OH is 1. The van der Waals surface area contributed by atoms with E-state index in [1.54, 1.807) is 6.07 Å². The zero-order chi connectivity index (χ0) is 15.7. The monoisotopic (exact) mass is 317 g/mol. The quantitative estimate of drug-likeness (QED) is 0.859. The molecule has 1 aliphatic heterocycles. The Morgan fingerprint density at radius 1 is 1.41 bits per heavy atom. The van der Waals surface area contributed by atoms with Gasteiger partial charge in [0.15, 0.2) is 11.5 Å². The number of furan rings is 1. The van der Waals surface area contributed by atoms with E-state index in [-0.39, 0.29) is 11.3 Å². The van der Waals surface area contributed by atoms with Gasteiger partial charge in [-0.3, -0.25) is 9.59 Å². The molecule has 3 rings (SSSR count). The van der Waals surface area contributed by atoms with Gasteiger partial charge in [-0.2, -0.15) is 0 Å². The summed E-state index contributed by atoms with van der Waals surface area (Å²) >= 11 is 1.45. The highest BCUT2D eigenvalue weighted by molar-refractivity contribution is 7.10. The van der Waals surface area contributed by atoms with Crippen LogP contribution in [0.4, 0.5) is 0 Å². The maximum Gasteiger partial charge on any atom is 0.290 e. The molecule has 0 fully saturated rings. The standard InChI is InChI=1S/C16H15NO4S/c1-2-7-17-13(11-6-4-9-22-11)12(15(19)16(17)20)14(18)10-5-3-8-21-10/h3-6,8-9,13,19H,2,7H2,1H3. The van der Waals surface area contributed by atoms with Crippen LogP contribution in [0.1, 0.15) is 34.8 Å². The van der Waals surface area contributed by atoms with Gasteiger partial charge in [-0.1, -0.05) is 13.0 Å². The van der Waals surface area contributed by atoms with Gasteiger partial charge >= 0.3 is 0 Å². The van der Waals surface area contributed by atoms with E-state index in [0.717, 1.165) is 11.3 Å². The van der Waals surface area contributed by atoms with Gasteiger partial charge in [0.2, 0.25) is 5.78 Å². The highest BCUT2D eigenvalue weighted by Gasteiger charge is 2.44. The number of ketones is 1.